The van der Waals surface area contributed by atoms with E-state index in [4.69, 9.17) is 10.5 Å². The Morgan fingerprint density at radius 1 is 1.53 bits per heavy atom. The molecule has 0 fully saturated rings. The molecule has 0 spiro atoms. The Hall–Kier alpha value is -2.83. The summed E-state index contributed by atoms with van der Waals surface area (Å²) in [6, 6.07) is 5.26. The number of aromatic nitrogens is 3. The maximum atomic E-state index is 11.6. The van der Waals surface area contributed by atoms with Crippen molar-refractivity contribution in [2.24, 2.45) is 0 Å². The maximum Gasteiger partial charge on any atom is 0.250 e. The molecule has 1 aromatic carbocycles. The molecule has 0 atom stereocenters. The maximum absolute atomic E-state index is 11.6. The molecular formula is C12H13N5O2. The van der Waals surface area contributed by atoms with E-state index in [1.54, 1.807) is 31.4 Å². The lowest BCUT2D eigenvalue weighted by Crippen LogP contribution is -2.08. The number of carbonyl (C=O) groups is 1. The van der Waals surface area contributed by atoms with E-state index in [2.05, 4.69) is 20.5 Å². The minimum absolute atomic E-state index is 0.295. The zero-order valence-corrected chi connectivity index (χ0v) is 10.3. The van der Waals surface area contributed by atoms with E-state index >= 15 is 0 Å². The molecule has 2 rings (SSSR count). The lowest BCUT2D eigenvalue weighted by molar-refractivity contribution is -0.111. The van der Waals surface area contributed by atoms with E-state index < -0.39 is 0 Å². The van der Waals surface area contributed by atoms with Gasteiger partial charge < -0.3 is 10.5 Å². The van der Waals surface area contributed by atoms with Crippen molar-refractivity contribution in [1.29, 1.82) is 0 Å². The fourth-order valence-electron chi connectivity index (χ4n) is 1.45. The number of hydrogen-bond acceptors (Lipinski definition) is 5. The first-order valence-corrected chi connectivity index (χ1v) is 5.47. The van der Waals surface area contributed by atoms with Gasteiger partial charge in [-0.3, -0.25) is 10.1 Å². The molecule has 1 heterocycles. The number of amides is 1. The average molecular weight is 259 g/mol. The van der Waals surface area contributed by atoms with Crippen LogP contribution in [-0.4, -0.2) is 28.2 Å². The van der Waals surface area contributed by atoms with E-state index in [0.29, 0.717) is 17.4 Å². The molecule has 7 nitrogen and oxygen atoms in total. The van der Waals surface area contributed by atoms with Gasteiger partial charge in [-0.15, -0.1) is 0 Å². The molecule has 2 aromatic rings. The number of rotatable bonds is 4. The average Bonchev–Trinajstić information content (AvgIpc) is 2.89. The van der Waals surface area contributed by atoms with E-state index in [1.807, 2.05) is 0 Å². The summed E-state index contributed by atoms with van der Waals surface area (Å²) < 4.78 is 5.05. The molecule has 0 saturated carbocycles. The summed E-state index contributed by atoms with van der Waals surface area (Å²) in [6.45, 7) is 0. The topological polar surface area (TPSA) is 106 Å². The number of anilines is 2. The Bertz CT molecular complexity index is 592. The van der Waals surface area contributed by atoms with Crippen LogP contribution in [0.2, 0.25) is 0 Å². The number of hydrogen-bond donors (Lipinski definition) is 3. The van der Waals surface area contributed by atoms with E-state index in [9.17, 15) is 4.79 Å². The van der Waals surface area contributed by atoms with Crippen molar-refractivity contribution in [3.63, 3.8) is 0 Å². The zero-order valence-electron chi connectivity index (χ0n) is 10.3. The van der Waals surface area contributed by atoms with Crippen LogP contribution >= 0.6 is 0 Å². The predicted molar refractivity (Wildman–Crippen MR) is 71.5 cm³/mol. The molecule has 0 aliphatic carbocycles. The number of nitrogens with one attached hydrogen (secondary N) is 2. The van der Waals surface area contributed by atoms with Gasteiger partial charge in [0.25, 0.3) is 5.91 Å². The van der Waals surface area contributed by atoms with Gasteiger partial charge >= 0.3 is 0 Å². The van der Waals surface area contributed by atoms with Crippen molar-refractivity contribution in [3.05, 3.63) is 36.2 Å². The first kappa shape index (κ1) is 12.6. The van der Waals surface area contributed by atoms with Crippen molar-refractivity contribution < 1.29 is 9.53 Å². The molecule has 0 aliphatic rings. The zero-order chi connectivity index (χ0) is 13.7. The van der Waals surface area contributed by atoms with Gasteiger partial charge in [-0.2, -0.15) is 10.1 Å². The highest BCUT2D eigenvalue weighted by molar-refractivity contribution is 6.00. The van der Waals surface area contributed by atoms with Crippen LogP contribution < -0.4 is 15.8 Å². The van der Waals surface area contributed by atoms with Gasteiger partial charge in [0.1, 0.15) is 12.1 Å². The van der Waals surface area contributed by atoms with Gasteiger partial charge in [0.05, 0.1) is 12.8 Å². The molecule has 0 saturated heterocycles. The van der Waals surface area contributed by atoms with Crippen LogP contribution in [-0.2, 0) is 4.79 Å². The number of ether oxygens (including phenoxy) is 1. The molecule has 0 aliphatic heterocycles. The molecule has 1 aromatic heterocycles. The fraction of sp³-hybridized carbons (Fsp3) is 0.0833. The number of H-pyrrole nitrogens is 1. The largest absolute Gasteiger partial charge is 0.495 e. The van der Waals surface area contributed by atoms with Crippen LogP contribution in [0.15, 0.2) is 30.6 Å². The Morgan fingerprint density at radius 3 is 3.00 bits per heavy atom. The first-order valence-electron chi connectivity index (χ1n) is 5.47. The van der Waals surface area contributed by atoms with Crippen molar-refractivity contribution >= 4 is 23.6 Å². The number of nitrogen functional groups attached to an aromatic ring is 1. The highest BCUT2D eigenvalue weighted by atomic mass is 16.5. The Balaban J connectivity index is 2.02. The summed E-state index contributed by atoms with van der Waals surface area (Å²) in [5.41, 5.74) is 7.08. The highest BCUT2D eigenvalue weighted by Gasteiger charge is 2.01. The van der Waals surface area contributed by atoms with Gasteiger partial charge in [-0.25, -0.2) is 5.10 Å². The number of nitrogens with two attached hydrogens (primary N) is 1. The second-order valence-electron chi connectivity index (χ2n) is 3.66. The molecule has 7 heteroatoms. The normalized spacial score (nSPS) is 10.6. The fourth-order valence-corrected chi connectivity index (χ4v) is 1.45. The molecule has 0 bridgehead atoms. The van der Waals surface area contributed by atoms with Crippen LogP contribution in [0.4, 0.5) is 11.6 Å². The summed E-state index contributed by atoms with van der Waals surface area (Å²) in [7, 11) is 1.55. The standard InChI is InChI=1S/C12H13N5O2/c1-19-10-4-2-8(6-9(10)13)3-5-11(18)16-12-14-7-15-17-12/h2-7H,13H2,1H3,(H2,14,15,16,17,18)/b5-3-. The number of benzene rings is 1. The SMILES string of the molecule is COc1ccc(/C=C\C(=O)Nc2ncn[nH]2)cc1N. The number of carbonyl (C=O) groups excluding carboxylic acids is 1. The molecule has 1 amide bonds. The third kappa shape index (κ3) is 3.32. The summed E-state index contributed by atoms with van der Waals surface area (Å²) in [4.78, 5) is 15.3. The van der Waals surface area contributed by atoms with Crippen molar-refractivity contribution in [2.75, 3.05) is 18.2 Å². The smallest absolute Gasteiger partial charge is 0.250 e. The van der Waals surface area contributed by atoms with Crippen LogP contribution in [0.3, 0.4) is 0 Å². The minimum Gasteiger partial charge on any atom is -0.495 e. The van der Waals surface area contributed by atoms with Crippen molar-refractivity contribution in [3.8, 4) is 5.75 Å². The summed E-state index contributed by atoms with van der Waals surface area (Å²) in [5, 5.41) is 8.66. The molecule has 4 N–H and O–H groups in total. The number of methoxy groups -OCH3 is 1. The minimum atomic E-state index is -0.314. The van der Waals surface area contributed by atoms with Gasteiger partial charge in [-0.1, -0.05) is 6.07 Å². The second-order valence-corrected chi connectivity index (χ2v) is 3.66. The van der Waals surface area contributed by atoms with Crippen LogP contribution in [0, 0.1) is 0 Å². The molecule has 0 radical (unpaired) electrons. The van der Waals surface area contributed by atoms with Gasteiger partial charge in [0.15, 0.2) is 0 Å². The second kappa shape index (κ2) is 5.67. The van der Waals surface area contributed by atoms with E-state index in [1.165, 1.54) is 12.4 Å². The lowest BCUT2D eigenvalue weighted by Gasteiger charge is -2.04. The summed E-state index contributed by atoms with van der Waals surface area (Å²) in [5.74, 6) is 0.582. The summed E-state index contributed by atoms with van der Waals surface area (Å²) >= 11 is 0. The molecule has 19 heavy (non-hydrogen) atoms. The molecule has 98 valence electrons. The molecular weight excluding hydrogens is 246 g/mol. The van der Waals surface area contributed by atoms with Crippen LogP contribution in [0.25, 0.3) is 6.08 Å². The van der Waals surface area contributed by atoms with Gasteiger partial charge in [-0.05, 0) is 23.8 Å². The van der Waals surface area contributed by atoms with E-state index in [0.717, 1.165) is 5.56 Å². The number of aromatic amines is 1. The van der Waals surface area contributed by atoms with E-state index in [-0.39, 0.29) is 5.91 Å². The highest BCUT2D eigenvalue weighted by Crippen LogP contribution is 2.22. The Kier molecular flexibility index (Phi) is 3.77. The van der Waals surface area contributed by atoms with Crippen molar-refractivity contribution in [1.82, 2.24) is 15.2 Å². The van der Waals surface area contributed by atoms with Gasteiger partial charge in [0.2, 0.25) is 5.95 Å². The van der Waals surface area contributed by atoms with Crippen LogP contribution in [0.1, 0.15) is 5.56 Å². The van der Waals surface area contributed by atoms with Crippen molar-refractivity contribution in [2.45, 2.75) is 0 Å². The Morgan fingerprint density at radius 2 is 2.37 bits per heavy atom. The third-order valence-electron chi connectivity index (χ3n) is 2.34. The lowest BCUT2D eigenvalue weighted by atomic mass is 10.1. The van der Waals surface area contributed by atoms with Crippen LogP contribution in [0.5, 0.6) is 5.75 Å². The quantitative estimate of drug-likeness (QED) is 0.562. The number of nitrogens with zero attached hydrogens (tertiary/aromatic N) is 2. The third-order valence-corrected chi connectivity index (χ3v) is 2.34. The van der Waals surface area contributed by atoms with Gasteiger partial charge in [0, 0.05) is 6.08 Å². The Labute approximate surface area is 109 Å². The summed E-state index contributed by atoms with van der Waals surface area (Å²) in [6.07, 6.45) is 4.33. The first-order chi connectivity index (χ1) is 9.19. The predicted octanol–water partition coefficient (Wildman–Crippen LogP) is 1.05. The monoisotopic (exact) mass is 259 g/mol. The molecule has 0 unspecified atom stereocenters.